The first-order valence-electron chi connectivity index (χ1n) is 3.76. The third-order valence-corrected chi connectivity index (χ3v) is 2.71. The van der Waals surface area contributed by atoms with E-state index in [1.165, 1.54) is 23.6 Å². The van der Waals surface area contributed by atoms with E-state index in [9.17, 15) is 0 Å². The van der Waals surface area contributed by atoms with Crippen LogP contribution in [0, 0.1) is 0 Å². The Kier molecular flexibility index (Phi) is 3.94. The summed E-state index contributed by atoms with van der Waals surface area (Å²) < 4.78 is 5.29. The average Bonchev–Trinajstić information content (AvgIpc) is 2.47. The van der Waals surface area contributed by atoms with Crippen LogP contribution in [0.5, 0.6) is 0 Å². The summed E-state index contributed by atoms with van der Waals surface area (Å²) in [7, 11) is 1.45. The Morgan fingerprint density at radius 3 is 3.09 bits per heavy atom. The van der Waals surface area contributed by atoms with E-state index < -0.39 is 0 Å². The monoisotopic (exact) mass is 188 g/mol. The summed E-state index contributed by atoms with van der Waals surface area (Å²) in [4.78, 5) is 1.15. The van der Waals surface area contributed by atoms with Gasteiger partial charge in [-0.05, 0) is 12.5 Å². The van der Waals surface area contributed by atoms with E-state index >= 15 is 0 Å². The SMILES string of the molecule is CCCCc1occc1SS. The normalized spacial score (nSPS) is 10.4. The predicted octanol–water partition coefficient (Wildman–Crippen LogP) is 3.56. The Morgan fingerprint density at radius 2 is 2.45 bits per heavy atom. The molecule has 0 N–H and O–H groups in total. The smallest absolute Gasteiger partial charge is 0.118 e. The van der Waals surface area contributed by atoms with E-state index in [0.717, 1.165) is 17.1 Å². The van der Waals surface area contributed by atoms with Crippen LogP contribution in [0.15, 0.2) is 21.6 Å². The van der Waals surface area contributed by atoms with Gasteiger partial charge in [-0.15, -0.1) is 11.7 Å². The first kappa shape index (κ1) is 9.07. The van der Waals surface area contributed by atoms with Crippen LogP contribution in [0.2, 0.25) is 0 Å². The van der Waals surface area contributed by atoms with E-state index in [0.29, 0.717) is 0 Å². The molecule has 3 heteroatoms. The van der Waals surface area contributed by atoms with Gasteiger partial charge < -0.3 is 4.42 Å². The Labute approximate surface area is 76.4 Å². The van der Waals surface area contributed by atoms with E-state index in [2.05, 4.69) is 18.6 Å². The van der Waals surface area contributed by atoms with Crippen molar-refractivity contribution in [2.24, 2.45) is 0 Å². The molecule has 1 nitrogen and oxygen atoms in total. The van der Waals surface area contributed by atoms with Gasteiger partial charge >= 0.3 is 0 Å². The van der Waals surface area contributed by atoms with Crippen LogP contribution in [-0.2, 0) is 6.42 Å². The van der Waals surface area contributed by atoms with Crippen LogP contribution in [0.3, 0.4) is 0 Å². The fourth-order valence-electron chi connectivity index (χ4n) is 0.930. The third kappa shape index (κ3) is 2.49. The Morgan fingerprint density at radius 1 is 1.64 bits per heavy atom. The third-order valence-electron chi connectivity index (χ3n) is 1.56. The molecule has 0 aliphatic carbocycles. The van der Waals surface area contributed by atoms with E-state index in [-0.39, 0.29) is 0 Å². The molecule has 0 unspecified atom stereocenters. The van der Waals surface area contributed by atoms with Gasteiger partial charge in [0.15, 0.2) is 0 Å². The van der Waals surface area contributed by atoms with Gasteiger partial charge in [0.1, 0.15) is 5.76 Å². The largest absolute Gasteiger partial charge is 0.468 e. The zero-order valence-electron chi connectivity index (χ0n) is 6.54. The summed E-state index contributed by atoms with van der Waals surface area (Å²) in [6.07, 6.45) is 5.15. The molecule has 1 aromatic rings. The lowest BCUT2D eigenvalue weighted by atomic mass is 10.2. The molecule has 1 rings (SSSR count). The number of hydrogen-bond acceptors (Lipinski definition) is 3. The summed E-state index contributed by atoms with van der Waals surface area (Å²) in [5.74, 6) is 1.08. The van der Waals surface area contributed by atoms with Gasteiger partial charge in [0.2, 0.25) is 0 Å². The number of hydrogen-bond donors (Lipinski definition) is 1. The summed E-state index contributed by atoms with van der Waals surface area (Å²) in [5, 5.41) is 0. The fraction of sp³-hybridized carbons (Fsp3) is 0.500. The van der Waals surface area contributed by atoms with Crippen molar-refractivity contribution in [3.63, 3.8) is 0 Å². The Hall–Kier alpha value is -0.0200. The zero-order valence-corrected chi connectivity index (χ0v) is 8.25. The van der Waals surface area contributed by atoms with Gasteiger partial charge in [0.05, 0.1) is 11.2 Å². The highest BCUT2D eigenvalue weighted by molar-refractivity contribution is 8.68. The van der Waals surface area contributed by atoms with Crippen LogP contribution in [0.1, 0.15) is 25.5 Å². The molecule has 0 aliphatic rings. The molecule has 1 heterocycles. The molecule has 0 fully saturated rings. The van der Waals surface area contributed by atoms with Gasteiger partial charge in [0, 0.05) is 6.42 Å². The maximum Gasteiger partial charge on any atom is 0.118 e. The van der Waals surface area contributed by atoms with E-state index in [1.807, 2.05) is 6.07 Å². The predicted molar refractivity (Wildman–Crippen MR) is 52.2 cm³/mol. The van der Waals surface area contributed by atoms with Crippen LogP contribution in [0.25, 0.3) is 0 Å². The van der Waals surface area contributed by atoms with Gasteiger partial charge in [-0.1, -0.05) is 24.1 Å². The summed E-state index contributed by atoms with van der Waals surface area (Å²) in [6, 6.07) is 1.96. The van der Waals surface area contributed by atoms with Crippen LogP contribution in [-0.4, -0.2) is 0 Å². The highest BCUT2D eigenvalue weighted by atomic mass is 33.1. The van der Waals surface area contributed by atoms with Crippen molar-refractivity contribution in [1.29, 1.82) is 0 Å². The lowest BCUT2D eigenvalue weighted by molar-refractivity contribution is 0.492. The van der Waals surface area contributed by atoms with Crippen molar-refractivity contribution >= 4 is 22.5 Å². The standard InChI is InChI=1S/C8H12OS2/c1-2-3-4-7-8(11-10)5-6-9-7/h5-6,10H,2-4H2,1H3. The lowest BCUT2D eigenvalue weighted by Gasteiger charge is -1.96. The molecule has 0 aromatic carbocycles. The minimum Gasteiger partial charge on any atom is -0.468 e. The van der Waals surface area contributed by atoms with Crippen molar-refractivity contribution in [2.75, 3.05) is 0 Å². The molecule has 11 heavy (non-hydrogen) atoms. The van der Waals surface area contributed by atoms with Crippen molar-refractivity contribution < 1.29 is 4.42 Å². The van der Waals surface area contributed by atoms with E-state index in [4.69, 9.17) is 4.42 Å². The number of rotatable bonds is 4. The van der Waals surface area contributed by atoms with Crippen molar-refractivity contribution in [1.82, 2.24) is 0 Å². The van der Waals surface area contributed by atoms with Gasteiger partial charge in [-0.2, -0.15) is 0 Å². The van der Waals surface area contributed by atoms with Gasteiger partial charge in [0.25, 0.3) is 0 Å². The lowest BCUT2D eigenvalue weighted by Crippen LogP contribution is -1.81. The molecule has 0 aliphatic heterocycles. The fourth-order valence-corrected chi connectivity index (χ4v) is 1.79. The Balaban J connectivity index is 2.54. The maximum atomic E-state index is 5.29. The van der Waals surface area contributed by atoms with Crippen molar-refractivity contribution in [3.05, 3.63) is 18.1 Å². The first-order valence-corrected chi connectivity index (χ1v) is 5.63. The second-order valence-corrected chi connectivity index (χ2v) is 3.57. The van der Waals surface area contributed by atoms with Gasteiger partial charge in [-0.3, -0.25) is 0 Å². The second-order valence-electron chi connectivity index (χ2n) is 2.40. The van der Waals surface area contributed by atoms with Crippen LogP contribution in [0.4, 0.5) is 0 Å². The second kappa shape index (κ2) is 4.78. The molecule has 0 saturated carbocycles. The minimum absolute atomic E-state index is 1.03. The summed E-state index contributed by atoms with van der Waals surface area (Å²) >= 11 is 4.12. The maximum absolute atomic E-state index is 5.29. The molecule has 0 amide bonds. The molecule has 62 valence electrons. The van der Waals surface area contributed by atoms with Crippen LogP contribution < -0.4 is 0 Å². The number of furan rings is 1. The molecular weight excluding hydrogens is 176 g/mol. The van der Waals surface area contributed by atoms with Gasteiger partial charge in [-0.25, -0.2) is 0 Å². The Bertz CT molecular complexity index is 208. The molecular formula is C8H12OS2. The van der Waals surface area contributed by atoms with Crippen LogP contribution >= 0.6 is 22.5 Å². The highest BCUT2D eigenvalue weighted by Gasteiger charge is 2.03. The molecule has 0 atom stereocenters. The molecule has 0 bridgehead atoms. The quantitative estimate of drug-likeness (QED) is 0.573. The molecule has 1 aromatic heterocycles. The van der Waals surface area contributed by atoms with E-state index in [1.54, 1.807) is 6.26 Å². The molecule has 0 spiro atoms. The van der Waals surface area contributed by atoms with Crippen molar-refractivity contribution in [3.8, 4) is 0 Å². The first-order chi connectivity index (χ1) is 5.38. The molecule has 0 saturated heterocycles. The van der Waals surface area contributed by atoms with Crippen molar-refractivity contribution in [2.45, 2.75) is 31.1 Å². The average molecular weight is 188 g/mol. The number of unbranched alkanes of at least 4 members (excludes halogenated alkanes) is 1. The molecule has 0 radical (unpaired) electrons. The minimum atomic E-state index is 1.03. The summed E-state index contributed by atoms with van der Waals surface area (Å²) in [5.41, 5.74) is 0. The number of thiol groups is 1. The summed E-state index contributed by atoms with van der Waals surface area (Å²) in [6.45, 7) is 2.18. The topological polar surface area (TPSA) is 13.1 Å². The highest BCUT2D eigenvalue weighted by Crippen LogP contribution is 2.27. The zero-order chi connectivity index (χ0) is 8.10. The number of aryl methyl sites for hydroxylation is 1.